The molecule has 4 aromatic rings. The lowest BCUT2D eigenvalue weighted by Gasteiger charge is -1.97. The maximum atomic E-state index is 11.9. The monoisotopic (exact) mass is 357 g/mol. The standard InChI is InChI=1S/C20H15N5O2/c26-20(18-12-7-13-27-18)22-21-14-17-19(15-8-3-1-4-9-15)24-25(23-17)16-10-5-2-6-11-16/h1-14H,(H,22,26)/b21-14+. The molecular weight excluding hydrogens is 342 g/mol. The van der Waals surface area contributed by atoms with Crippen molar-refractivity contribution in [1.82, 2.24) is 20.4 Å². The number of hydrogen-bond donors (Lipinski definition) is 1. The first-order valence-electron chi connectivity index (χ1n) is 8.26. The van der Waals surface area contributed by atoms with E-state index in [1.807, 2.05) is 60.7 Å². The summed E-state index contributed by atoms with van der Waals surface area (Å²) in [5, 5.41) is 13.1. The van der Waals surface area contributed by atoms with E-state index in [9.17, 15) is 4.79 Å². The largest absolute Gasteiger partial charge is 0.459 e. The van der Waals surface area contributed by atoms with E-state index < -0.39 is 5.91 Å². The number of carbonyl (C=O) groups is 1. The molecule has 2 heterocycles. The second kappa shape index (κ2) is 7.49. The fourth-order valence-corrected chi connectivity index (χ4v) is 2.50. The third-order valence-corrected chi connectivity index (χ3v) is 3.77. The van der Waals surface area contributed by atoms with E-state index in [1.54, 1.807) is 12.1 Å². The first-order valence-corrected chi connectivity index (χ1v) is 8.26. The van der Waals surface area contributed by atoms with Crippen LogP contribution < -0.4 is 5.43 Å². The average Bonchev–Trinajstić information content (AvgIpc) is 3.40. The number of amides is 1. The summed E-state index contributed by atoms with van der Waals surface area (Å²) in [6.45, 7) is 0. The molecule has 132 valence electrons. The fraction of sp³-hybridized carbons (Fsp3) is 0. The molecule has 0 radical (unpaired) electrons. The molecule has 0 fully saturated rings. The molecule has 0 aliphatic rings. The van der Waals surface area contributed by atoms with Gasteiger partial charge in [0.05, 0.1) is 18.2 Å². The van der Waals surface area contributed by atoms with Gasteiger partial charge in [0.2, 0.25) is 0 Å². The van der Waals surface area contributed by atoms with Crippen molar-refractivity contribution in [2.75, 3.05) is 0 Å². The van der Waals surface area contributed by atoms with Crippen LogP contribution in [0.2, 0.25) is 0 Å². The van der Waals surface area contributed by atoms with E-state index in [0.29, 0.717) is 11.4 Å². The third kappa shape index (κ3) is 3.67. The first kappa shape index (κ1) is 16.5. The summed E-state index contributed by atoms with van der Waals surface area (Å²) in [7, 11) is 0. The number of aromatic nitrogens is 3. The molecular formula is C20H15N5O2. The Morgan fingerprint density at radius 1 is 0.963 bits per heavy atom. The summed E-state index contributed by atoms with van der Waals surface area (Å²) in [6, 6.07) is 22.5. The molecule has 7 heteroatoms. The maximum Gasteiger partial charge on any atom is 0.307 e. The van der Waals surface area contributed by atoms with Gasteiger partial charge >= 0.3 is 5.91 Å². The maximum absolute atomic E-state index is 11.9. The van der Waals surface area contributed by atoms with Crippen molar-refractivity contribution >= 4 is 12.1 Å². The van der Waals surface area contributed by atoms with E-state index >= 15 is 0 Å². The van der Waals surface area contributed by atoms with E-state index in [2.05, 4.69) is 20.7 Å². The molecule has 2 aromatic heterocycles. The lowest BCUT2D eigenvalue weighted by molar-refractivity contribution is 0.0927. The number of hydrazone groups is 1. The molecule has 0 aliphatic carbocycles. The second-order valence-corrected chi connectivity index (χ2v) is 5.60. The van der Waals surface area contributed by atoms with Gasteiger partial charge in [0.1, 0.15) is 11.4 Å². The summed E-state index contributed by atoms with van der Waals surface area (Å²) in [6.07, 6.45) is 2.90. The summed E-state index contributed by atoms with van der Waals surface area (Å²) >= 11 is 0. The minimum atomic E-state index is -0.437. The van der Waals surface area contributed by atoms with Crippen LogP contribution in [0.3, 0.4) is 0 Å². The average molecular weight is 357 g/mol. The molecule has 0 unspecified atom stereocenters. The number of hydrogen-bond acceptors (Lipinski definition) is 5. The van der Waals surface area contributed by atoms with Gasteiger partial charge in [-0.2, -0.15) is 9.90 Å². The van der Waals surface area contributed by atoms with E-state index in [-0.39, 0.29) is 5.76 Å². The molecule has 4 rings (SSSR count). The van der Waals surface area contributed by atoms with Crippen LogP contribution in [0.25, 0.3) is 16.9 Å². The van der Waals surface area contributed by atoms with Crippen LogP contribution in [0.5, 0.6) is 0 Å². The first-order chi connectivity index (χ1) is 13.3. The molecule has 0 saturated carbocycles. The zero-order chi connectivity index (χ0) is 18.5. The fourth-order valence-electron chi connectivity index (χ4n) is 2.50. The second-order valence-electron chi connectivity index (χ2n) is 5.60. The minimum Gasteiger partial charge on any atom is -0.459 e. The van der Waals surface area contributed by atoms with Crippen molar-refractivity contribution in [1.29, 1.82) is 0 Å². The predicted octanol–water partition coefficient (Wildman–Crippen LogP) is 3.29. The Kier molecular flexibility index (Phi) is 4.57. The molecule has 7 nitrogen and oxygen atoms in total. The number of nitrogens with one attached hydrogen (secondary N) is 1. The van der Waals surface area contributed by atoms with Crippen molar-refractivity contribution in [3.8, 4) is 16.9 Å². The SMILES string of the molecule is O=C(N/N=C/c1nn(-c2ccccc2)nc1-c1ccccc1)c1ccco1. The summed E-state index contributed by atoms with van der Waals surface area (Å²) in [5.74, 6) is -0.253. The van der Waals surface area contributed by atoms with Crippen LogP contribution in [-0.4, -0.2) is 27.1 Å². The van der Waals surface area contributed by atoms with Gasteiger partial charge in [0, 0.05) is 5.56 Å². The molecule has 0 bridgehead atoms. The van der Waals surface area contributed by atoms with E-state index in [1.165, 1.54) is 17.3 Å². The zero-order valence-electron chi connectivity index (χ0n) is 14.2. The summed E-state index contributed by atoms with van der Waals surface area (Å²) in [5.41, 5.74) is 5.34. The van der Waals surface area contributed by atoms with Gasteiger partial charge in [0.15, 0.2) is 5.76 Å². The zero-order valence-corrected chi connectivity index (χ0v) is 14.2. The Labute approximate surface area is 154 Å². The highest BCUT2D eigenvalue weighted by Crippen LogP contribution is 2.20. The van der Waals surface area contributed by atoms with E-state index in [0.717, 1.165) is 11.3 Å². The van der Waals surface area contributed by atoms with Crippen molar-refractivity contribution in [2.24, 2.45) is 5.10 Å². The third-order valence-electron chi connectivity index (χ3n) is 3.77. The minimum absolute atomic E-state index is 0.184. The predicted molar refractivity (Wildman–Crippen MR) is 101 cm³/mol. The van der Waals surface area contributed by atoms with Gasteiger partial charge in [-0.1, -0.05) is 48.5 Å². The van der Waals surface area contributed by atoms with Gasteiger partial charge < -0.3 is 4.42 Å². The number of nitrogens with zero attached hydrogens (tertiary/aromatic N) is 4. The highest BCUT2D eigenvalue weighted by molar-refractivity contribution is 5.93. The number of para-hydroxylation sites is 1. The highest BCUT2D eigenvalue weighted by atomic mass is 16.3. The molecule has 1 N–H and O–H groups in total. The van der Waals surface area contributed by atoms with E-state index in [4.69, 9.17) is 4.42 Å². The van der Waals surface area contributed by atoms with Crippen LogP contribution in [0.1, 0.15) is 16.2 Å². The van der Waals surface area contributed by atoms with Gasteiger partial charge in [-0.15, -0.1) is 10.2 Å². The van der Waals surface area contributed by atoms with Crippen LogP contribution in [-0.2, 0) is 0 Å². The van der Waals surface area contributed by atoms with Crippen LogP contribution >= 0.6 is 0 Å². The molecule has 27 heavy (non-hydrogen) atoms. The topological polar surface area (TPSA) is 85.3 Å². The van der Waals surface area contributed by atoms with Crippen molar-refractivity contribution in [3.63, 3.8) is 0 Å². The quantitative estimate of drug-likeness (QED) is 0.439. The number of rotatable bonds is 5. The van der Waals surface area contributed by atoms with Crippen molar-refractivity contribution in [2.45, 2.75) is 0 Å². The normalized spacial score (nSPS) is 11.0. The molecule has 1 amide bonds. The Morgan fingerprint density at radius 2 is 1.70 bits per heavy atom. The van der Waals surface area contributed by atoms with Gasteiger partial charge in [0.25, 0.3) is 0 Å². The van der Waals surface area contributed by atoms with Gasteiger partial charge in [-0.05, 0) is 24.3 Å². The Balaban J connectivity index is 1.65. The Morgan fingerprint density at radius 3 is 2.41 bits per heavy atom. The molecule has 0 atom stereocenters. The summed E-state index contributed by atoms with van der Waals surface area (Å²) < 4.78 is 5.04. The van der Waals surface area contributed by atoms with Crippen LogP contribution in [0, 0.1) is 0 Å². The van der Waals surface area contributed by atoms with Crippen molar-refractivity contribution < 1.29 is 9.21 Å². The van der Waals surface area contributed by atoms with Gasteiger partial charge in [-0.25, -0.2) is 5.43 Å². The lowest BCUT2D eigenvalue weighted by atomic mass is 10.1. The molecule has 2 aromatic carbocycles. The lowest BCUT2D eigenvalue weighted by Crippen LogP contribution is -2.16. The number of furan rings is 1. The number of benzene rings is 2. The van der Waals surface area contributed by atoms with Crippen LogP contribution in [0.15, 0.2) is 88.6 Å². The molecule has 0 saturated heterocycles. The van der Waals surface area contributed by atoms with Crippen LogP contribution in [0.4, 0.5) is 0 Å². The Bertz CT molecular complexity index is 1050. The van der Waals surface area contributed by atoms with Crippen molar-refractivity contribution in [3.05, 3.63) is 90.5 Å². The summed E-state index contributed by atoms with van der Waals surface area (Å²) in [4.78, 5) is 13.5. The number of carbonyl (C=O) groups excluding carboxylic acids is 1. The van der Waals surface area contributed by atoms with Gasteiger partial charge in [-0.3, -0.25) is 4.79 Å². The Hall–Kier alpha value is -4.00. The molecule has 0 aliphatic heterocycles. The molecule has 0 spiro atoms. The highest BCUT2D eigenvalue weighted by Gasteiger charge is 2.13. The smallest absolute Gasteiger partial charge is 0.307 e.